The second-order valence-corrected chi connectivity index (χ2v) is 7.00. The highest BCUT2D eigenvalue weighted by atomic mass is 16.5. The number of nitrogens with one attached hydrogen (secondary N) is 1. The standard InChI is InChI=1S/C18H31N3O2.C2H2O4/c1-14(2)21(18(22)19-10-11-20(5)6)12-13-23-17-15(3)8-7-9-16(17)4;3-1(4)2(5)6/h7-9,14H,10-13H2,1-6H3,(H,19,22);(H,3,4)(H,5,6). The molecule has 0 bridgehead atoms. The van der Waals surface area contributed by atoms with E-state index in [0.717, 1.165) is 23.4 Å². The average Bonchev–Trinajstić information content (AvgIpc) is 2.60. The van der Waals surface area contributed by atoms with E-state index in [2.05, 4.69) is 5.32 Å². The van der Waals surface area contributed by atoms with Crippen LogP contribution in [-0.4, -0.2) is 84.4 Å². The van der Waals surface area contributed by atoms with Gasteiger partial charge in [-0.25, -0.2) is 14.4 Å². The molecule has 9 heteroatoms. The van der Waals surface area contributed by atoms with E-state index in [1.807, 2.05) is 69.8 Å². The van der Waals surface area contributed by atoms with Crippen LogP contribution in [0.1, 0.15) is 25.0 Å². The number of aliphatic carboxylic acids is 2. The molecule has 1 rings (SSSR count). The van der Waals surface area contributed by atoms with E-state index in [9.17, 15) is 4.79 Å². The van der Waals surface area contributed by atoms with Gasteiger partial charge in [0.25, 0.3) is 0 Å². The van der Waals surface area contributed by atoms with Gasteiger partial charge in [0.1, 0.15) is 12.4 Å². The Kier molecular flexibility index (Phi) is 12.1. The molecule has 1 aromatic carbocycles. The largest absolute Gasteiger partial charge is 0.491 e. The third kappa shape index (κ3) is 10.9. The predicted molar refractivity (Wildman–Crippen MR) is 110 cm³/mol. The smallest absolute Gasteiger partial charge is 0.414 e. The molecule has 0 radical (unpaired) electrons. The number of carboxylic acids is 2. The maximum absolute atomic E-state index is 12.3. The summed E-state index contributed by atoms with van der Waals surface area (Å²) in [5.74, 6) is -2.73. The van der Waals surface area contributed by atoms with Crippen LogP contribution in [-0.2, 0) is 9.59 Å². The van der Waals surface area contributed by atoms with Crippen molar-refractivity contribution in [3.8, 4) is 5.75 Å². The molecule has 0 aliphatic rings. The lowest BCUT2D eigenvalue weighted by molar-refractivity contribution is -0.159. The molecule has 0 atom stereocenters. The number of para-hydroxylation sites is 1. The van der Waals surface area contributed by atoms with Crippen molar-refractivity contribution in [2.75, 3.05) is 40.3 Å². The lowest BCUT2D eigenvalue weighted by Crippen LogP contribution is -2.47. The van der Waals surface area contributed by atoms with Crippen LogP contribution in [0, 0.1) is 13.8 Å². The summed E-state index contributed by atoms with van der Waals surface area (Å²) in [6, 6.07) is 6.20. The Morgan fingerprint density at radius 3 is 1.97 bits per heavy atom. The number of carbonyl (C=O) groups is 3. The Morgan fingerprint density at radius 2 is 1.55 bits per heavy atom. The molecule has 0 fully saturated rings. The Hall–Kier alpha value is -2.81. The third-order valence-electron chi connectivity index (χ3n) is 3.89. The summed E-state index contributed by atoms with van der Waals surface area (Å²) < 4.78 is 5.91. The summed E-state index contributed by atoms with van der Waals surface area (Å²) in [6.45, 7) is 10.6. The number of benzene rings is 1. The number of carboxylic acid groups (broad SMARTS) is 2. The van der Waals surface area contributed by atoms with E-state index in [0.29, 0.717) is 19.7 Å². The van der Waals surface area contributed by atoms with Crippen LogP contribution >= 0.6 is 0 Å². The Balaban J connectivity index is 0.00000113. The molecule has 0 aromatic heterocycles. The minimum atomic E-state index is -1.82. The van der Waals surface area contributed by atoms with Gasteiger partial charge in [-0.05, 0) is 52.9 Å². The number of nitrogens with zero attached hydrogens (tertiary/aromatic N) is 2. The topological polar surface area (TPSA) is 119 Å². The molecule has 2 amide bonds. The number of hydrogen-bond donors (Lipinski definition) is 3. The van der Waals surface area contributed by atoms with E-state index in [1.165, 1.54) is 0 Å². The van der Waals surface area contributed by atoms with Crippen molar-refractivity contribution in [1.82, 2.24) is 15.1 Å². The van der Waals surface area contributed by atoms with E-state index >= 15 is 0 Å². The first-order chi connectivity index (χ1) is 13.5. The van der Waals surface area contributed by atoms with Gasteiger partial charge in [0.2, 0.25) is 0 Å². The molecule has 3 N–H and O–H groups in total. The van der Waals surface area contributed by atoms with Crippen molar-refractivity contribution in [3.05, 3.63) is 29.3 Å². The Labute approximate surface area is 172 Å². The number of aryl methyl sites for hydroxylation is 2. The maximum atomic E-state index is 12.3. The first kappa shape index (κ1) is 26.2. The molecule has 0 saturated heterocycles. The SMILES string of the molecule is Cc1cccc(C)c1OCCN(C(=O)NCCN(C)C)C(C)C.O=C(O)C(=O)O. The summed E-state index contributed by atoms with van der Waals surface area (Å²) in [6.07, 6.45) is 0. The molecule has 0 heterocycles. The molecule has 0 unspecified atom stereocenters. The molecule has 9 nitrogen and oxygen atoms in total. The van der Waals surface area contributed by atoms with Gasteiger partial charge in [-0.15, -0.1) is 0 Å². The average molecular weight is 411 g/mol. The molecule has 0 aliphatic carbocycles. The van der Waals surface area contributed by atoms with Crippen LogP contribution in [0.3, 0.4) is 0 Å². The molecular weight excluding hydrogens is 378 g/mol. The Morgan fingerprint density at radius 1 is 1.03 bits per heavy atom. The minimum Gasteiger partial charge on any atom is -0.491 e. The number of hydrogen-bond acceptors (Lipinski definition) is 5. The first-order valence-corrected chi connectivity index (χ1v) is 9.31. The maximum Gasteiger partial charge on any atom is 0.414 e. The number of rotatable bonds is 8. The van der Waals surface area contributed by atoms with Gasteiger partial charge in [-0.2, -0.15) is 0 Å². The van der Waals surface area contributed by atoms with Crippen LogP contribution in [0.15, 0.2) is 18.2 Å². The van der Waals surface area contributed by atoms with Crippen molar-refractivity contribution in [2.45, 2.75) is 33.7 Å². The monoisotopic (exact) mass is 411 g/mol. The summed E-state index contributed by atoms with van der Waals surface area (Å²) in [7, 11) is 3.98. The van der Waals surface area contributed by atoms with Crippen molar-refractivity contribution >= 4 is 18.0 Å². The van der Waals surface area contributed by atoms with E-state index < -0.39 is 11.9 Å². The van der Waals surface area contributed by atoms with Crippen molar-refractivity contribution in [2.24, 2.45) is 0 Å². The van der Waals surface area contributed by atoms with E-state index in [-0.39, 0.29) is 12.1 Å². The zero-order valence-electron chi connectivity index (χ0n) is 18.1. The quantitative estimate of drug-likeness (QED) is 0.558. The Bertz CT molecular complexity index is 644. The number of urea groups is 1. The van der Waals surface area contributed by atoms with Crippen molar-refractivity contribution in [1.29, 1.82) is 0 Å². The number of ether oxygens (including phenoxy) is 1. The van der Waals surface area contributed by atoms with Crippen LogP contribution in [0.25, 0.3) is 0 Å². The molecule has 29 heavy (non-hydrogen) atoms. The van der Waals surface area contributed by atoms with Crippen molar-refractivity contribution < 1.29 is 29.3 Å². The fourth-order valence-corrected chi connectivity index (χ4v) is 2.36. The molecule has 0 aliphatic heterocycles. The molecule has 0 saturated carbocycles. The van der Waals surface area contributed by atoms with Crippen molar-refractivity contribution in [3.63, 3.8) is 0 Å². The highest BCUT2D eigenvalue weighted by Gasteiger charge is 2.16. The van der Waals surface area contributed by atoms with Gasteiger partial charge in [-0.3, -0.25) is 0 Å². The van der Waals surface area contributed by atoms with Crippen LogP contribution < -0.4 is 10.1 Å². The fraction of sp³-hybridized carbons (Fsp3) is 0.550. The van der Waals surface area contributed by atoms with Gasteiger partial charge in [0.15, 0.2) is 0 Å². The number of carbonyl (C=O) groups excluding carboxylic acids is 1. The first-order valence-electron chi connectivity index (χ1n) is 9.31. The minimum absolute atomic E-state index is 0.0352. The molecule has 1 aromatic rings. The van der Waals surface area contributed by atoms with Crippen LogP contribution in [0.5, 0.6) is 5.75 Å². The second-order valence-electron chi connectivity index (χ2n) is 7.00. The fourth-order valence-electron chi connectivity index (χ4n) is 2.36. The lowest BCUT2D eigenvalue weighted by Gasteiger charge is -2.27. The second kappa shape index (κ2) is 13.4. The number of amides is 2. The summed E-state index contributed by atoms with van der Waals surface area (Å²) in [5.41, 5.74) is 2.24. The molecular formula is C20H33N3O6. The predicted octanol–water partition coefficient (Wildman–Crippen LogP) is 1.82. The third-order valence-corrected chi connectivity index (χ3v) is 3.89. The van der Waals surface area contributed by atoms with Crippen LogP contribution in [0.2, 0.25) is 0 Å². The van der Waals surface area contributed by atoms with E-state index in [1.54, 1.807) is 0 Å². The van der Waals surface area contributed by atoms with E-state index in [4.69, 9.17) is 24.5 Å². The number of likely N-dealkylation sites (N-methyl/N-ethyl adjacent to an activating group) is 1. The normalized spacial score (nSPS) is 10.2. The lowest BCUT2D eigenvalue weighted by atomic mass is 10.1. The van der Waals surface area contributed by atoms with Gasteiger partial charge in [-0.1, -0.05) is 18.2 Å². The summed E-state index contributed by atoms with van der Waals surface area (Å²) >= 11 is 0. The summed E-state index contributed by atoms with van der Waals surface area (Å²) in [5, 5.41) is 17.7. The van der Waals surface area contributed by atoms with Crippen LogP contribution in [0.4, 0.5) is 4.79 Å². The highest BCUT2D eigenvalue weighted by molar-refractivity contribution is 6.27. The highest BCUT2D eigenvalue weighted by Crippen LogP contribution is 2.22. The zero-order valence-corrected chi connectivity index (χ0v) is 18.1. The molecule has 0 spiro atoms. The summed E-state index contributed by atoms with van der Waals surface area (Å²) in [4.78, 5) is 34.3. The van der Waals surface area contributed by atoms with Gasteiger partial charge < -0.3 is 30.1 Å². The van der Waals surface area contributed by atoms with Gasteiger partial charge in [0, 0.05) is 19.1 Å². The molecule has 164 valence electrons. The zero-order chi connectivity index (χ0) is 22.6. The van der Waals surface area contributed by atoms with Gasteiger partial charge >= 0.3 is 18.0 Å². The van der Waals surface area contributed by atoms with Gasteiger partial charge in [0.05, 0.1) is 6.54 Å².